The first-order chi connectivity index (χ1) is 7.22. The van der Waals surface area contributed by atoms with E-state index in [1.165, 1.54) is 4.90 Å². The van der Waals surface area contributed by atoms with Crippen molar-refractivity contribution in [3.05, 3.63) is 23.8 Å². The average molecular weight is 207 g/mol. The number of carbonyl (C=O) groups is 1. The molecule has 0 bridgehead atoms. The first-order valence-electron chi connectivity index (χ1n) is 4.80. The van der Waals surface area contributed by atoms with Crippen LogP contribution < -0.4 is 9.64 Å². The van der Waals surface area contributed by atoms with Gasteiger partial charge in [0.05, 0.1) is 19.4 Å². The molecule has 0 unspecified atom stereocenters. The van der Waals surface area contributed by atoms with Crippen LogP contribution in [0.2, 0.25) is 0 Å². The SMILES string of the molecule is COc1ccc2c(c1)CCOC(=O)N2C. The maximum absolute atomic E-state index is 11.4. The molecule has 4 heteroatoms. The minimum atomic E-state index is -0.307. The highest BCUT2D eigenvalue weighted by Crippen LogP contribution is 2.27. The first-order valence-corrected chi connectivity index (χ1v) is 4.80. The van der Waals surface area contributed by atoms with Crippen LogP contribution in [0.1, 0.15) is 5.56 Å². The van der Waals surface area contributed by atoms with Gasteiger partial charge in [-0.05, 0) is 23.8 Å². The van der Waals surface area contributed by atoms with Crippen molar-refractivity contribution in [3.8, 4) is 5.75 Å². The van der Waals surface area contributed by atoms with Crippen LogP contribution >= 0.6 is 0 Å². The number of hydrogen-bond donors (Lipinski definition) is 0. The van der Waals surface area contributed by atoms with Gasteiger partial charge in [0.15, 0.2) is 0 Å². The fourth-order valence-electron chi connectivity index (χ4n) is 1.66. The van der Waals surface area contributed by atoms with Gasteiger partial charge in [-0.1, -0.05) is 0 Å². The van der Waals surface area contributed by atoms with Crippen molar-refractivity contribution in [2.75, 3.05) is 25.7 Å². The molecular weight excluding hydrogens is 194 g/mol. The predicted octanol–water partition coefficient (Wildman–Crippen LogP) is 1.82. The van der Waals surface area contributed by atoms with E-state index in [0.717, 1.165) is 23.4 Å². The second kappa shape index (κ2) is 3.81. The number of methoxy groups -OCH3 is 1. The van der Waals surface area contributed by atoms with Crippen LogP contribution in [0.4, 0.5) is 10.5 Å². The van der Waals surface area contributed by atoms with Gasteiger partial charge in [0.25, 0.3) is 0 Å². The Hall–Kier alpha value is -1.71. The summed E-state index contributed by atoms with van der Waals surface area (Å²) in [7, 11) is 3.34. The summed E-state index contributed by atoms with van der Waals surface area (Å²) in [5.74, 6) is 0.802. The number of nitrogens with zero attached hydrogens (tertiary/aromatic N) is 1. The van der Waals surface area contributed by atoms with Crippen molar-refractivity contribution in [1.82, 2.24) is 0 Å². The number of carbonyl (C=O) groups excluding carboxylic acids is 1. The number of hydrogen-bond acceptors (Lipinski definition) is 3. The molecule has 1 aromatic rings. The molecule has 2 rings (SSSR count). The van der Waals surface area contributed by atoms with E-state index in [0.29, 0.717) is 6.61 Å². The second-order valence-corrected chi connectivity index (χ2v) is 3.42. The van der Waals surface area contributed by atoms with Gasteiger partial charge >= 0.3 is 6.09 Å². The van der Waals surface area contributed by atoms with Crippen LogP contribution in [0.15, 0.2) is 18.2 Å². The van der Waals surface area contributed by atoms with Crippen LogP contribution in [0.25, 0.3) is 0 Å². The van der Waals surface area contributed by atoms with Gasteiger partial charge in [-0.15, -0.1) is 0 Å². The zero-order valence-corrected chi connectivity index (χ0v) is 8.82. The van der Waals surface area contributed by atoms with E-state index in [-0.39, 0.29) is 6.09 Å². The maximum Gasteiger partial charge on any atom is 0.414 e. The molecule has 0 fully saturated rings. The topological polar surface area (TPSA) is 38.8 Å². The molecule has 1 aliphatic rings. The number of rotatable bonds is 1. The molecule has 0 aliphatic carbocycles. The minimum Gasteiger partial charge on any atom is -0.497 e. The normalized spacial score (nSPS) is 15.3. The molecule has 0 aromatic heterocycles. The first kappa shape index (κ1) is 9.83. The van der Waals surface area contributed by atoms with Gasteiger partial charge in [-0.3, -0.25) is 4.90 Å². The monoisotopic (exact) mass is 207 g/mol. The Balaban J connectivity index is 2.43. The van der Waals surface area contributed by atoms with E-state index in [9.17, 15) is 4.79 Å². The van der Waals surface area contributed by atoms with Gasteiger partial charge < -0.3 is 9.47 Å². The molecular formula is C11H13NO3. The van der Waals surface area contributed by atoms with Gasteiger partial charge in [0.2, 0.25) is 0 Å². The summed E-state index contributed by atoms with van der Waals surface area (Å²) in [6.45, 7) is 0.420. The number of fused-ring (bicyclic) bond motifs is 1. The molecule has 15 heavy (non-hydrogen) atoms. The zero-order valence-electron chi connectivity index (χ0n) is 8.82. The molecule has 0 spiro atoms. The third-order valence-corrected chi connectivity index (χ3v) is 2.52. The highest BCUT2D eigenvalue weighted by molar-refractivity contribution is 5.88. The molecule has 0 atom stereocenters. The molecule has 80 valence electrons. The van der Waals surface area contributed by atoms with Crippen molar-refractivity contribution in [1.29, 1.82) is 0 Å². The number of ether oxygens (including phenoxy) is 2. The number of amides is 1. The third kappa shape index (κ3) is 1.75. The largest absolute Gasteiger partial charge is 0.497 e. The highest BCUT2D eigenvalue weighted by atomic mass is 16.6. The molecule has 1 amide bonds. The molecule has 0 radical (unpaired) electrons. The van der Waals surface area contributed by atoms with Crippen LogP contribution in [0, 0.1) is 0 Å². The molecule has 4 nitrogen and oxygen atoms in total. The van der Waals surface area contributed by atoms with Crippen LogP contribution in [0.3, 0.4) is 0 Å². The zero-order chi connectivity index (χ0) is 10.8. The molecule has 1 aliphatic heterocycles. The Morgan fingerprint density at radius 1 is 1.47 bits per heavy atom. The lowest BCUT2D eigenvalue weighted by molar-refractivity contribution is 0.159. The summed E-state index contributed by atoms with van der Waals surface area (Å²) in [5, 5.41) is 0. The standard InChI is InChI=1S/C11H13NO3/c1-12-10-4-3-9(14-2)7-8(10)5-6-15-11(12)13/h3-4,7H,5-6H2,1-2H3. The fraction of sp³-hybridized carbons (Fsp3) is 0.364. The van der Waals surface area contributed by atoms with Crippen LogP contribution in [-0.4, -0.2) is 26.9 Å². The summed E-state index contributed by atoms with van der Waals surface area (Å²) in [5.41, 5.74) is 1.96. The summed E-state index contributed by atoms with van der Waals surface area (Å²) in [6, 6.07) is 5.66. The van der Waals surface area contributed by atoms with E-state index in [4.69, 9.17) is 9.47 Å². The van der Waals surface area contributed by atoms with E-state index in [1.807, 2.05) is 18.2 Å². The van der Waals surface area contributed by atoms with Crippen molar-refractivity contribution in [2.24, 2.45) is 0 Å². The quantitative estimate of drug-likeness (QED) is 0.705. The van der Waals surface area contributed by atoms with Gasteiger partial charge in [0, 0.05) is 13.5 Å². The molecule has 1 heterocycles. The van der Waals surface area contributed by atoms with Crippen molar-refractivity contribution >= 4 is 11.8 Å². The highest BCUT2D eigenvalue weighted by Gasteiger charge is 2.19. The lowest BCUT2D eigenvalue weighted by Gasteiger charge is -2.16. The van der Waals surface area contributed by atoms with Crippen molar-refractivity contribution < 1.29 is 14.3 Å². The van der Waals surface area contributed by atoms with E-state index < -0.39 is 0 Å². The molecule has 0 saturated heterocycles. The van der Waals surface area contributed by atoms with Gasteiger partial charge in [-0.2, -0.15) is 0 Å². The van der Waals surface area contributed by atoms with E-state index in [2.05, 4.69) is 0 Å². The molecule has 1 aromatic carbocycles. The number of anilines is 1. The van der Waals surface area contributed by atoms with Gasteiger partial charge in [0.1, 0.15) is 5.75 Å². The summed E-state index contributed by atoms with van der Waals surface area (Å²) >= 11 is 0. The predicted molar refractivity (Wildman–Crippen MR) is 56.4 cm³/mol. The maximum atomic E-state index is 11.4. The Morgan fingerprint density at radius 2 is 2.27 bits per heavy atom. The number of cyclic esters (lactones) is 1. The smallest absolute Gasteiger partial charge is 0.414 e. The van der Waals surface area contributed by atoms with E-state index >= 15 is 0 Å². The number of benzene rings is 1. The Labute approximate surface area is 88.4 Å². The Kier molecular flexibility index (Phi) is 2.49. The molecule has 0 saturated carbocycles. The van der Waals surface area contributed by atoms with E-state index in [1.54, 1.807) is 14.2 Å². The van der Waals surface area contributed by atoms with Crippen molar-refractivity contribution in [2.45, 2.75) is 6.42 Å². The second-order valence-electron chi connectivity index (χ2n) is 3.42. The van der Waals surface area contributed by atoms with Gasteiger partial charge in [-0.25, -0.2) is 4.79 Å². The third-order valence-electron chi connectivity index (χ3n) is 2.52. The van der Waals surface area contributed by atoms with Crippen molar-refractivity contribution in [3.63, 3.8) is 0 Å². The Morgan fingerprint density at radius 3 is 3.00 bits per heavy atom. The Bertz CT molecular complexity index is 389. The fourth-order valence-corrected chi connectivity index (χ4v) is 1.66. The van der Waals surface area contributed by atoms with Crippen LogP contribution in [-0.2, 0) is 11.2 Å². The average Bonchev–Trinajstić information content (AvgIpc) is 2.40. The van der Waals surface area contributed by atoms with Crippen LogP contribution in [0.5, 0.6) is 5.75 Å². The summed E-state index contributed by atoms with van der Waals surface area (Å²) < 4.78 is 10.2. The minimum absolute atomic E-state index is 0.307. The summed E-state index contributed by atoms with van der Waals surface area (Å²) in [6.07, 6.45) is 0.418. The lowest BCUT2D eigenvalue weighted by atomic mass is 10.1. The molecule has 0 N–H and O–H groups in total. The lowest BCUT2D eigenvalue weighted by Crippen LogP contribution is -2.25. The summed E-state index contributed by atoms with van der Waals surface area (Å²) in [4.78, 5) is 12.9.